The number of aromatic amines is 1. The highest BCUT2D eigenvalue weighted by Crippen LogP contribution is 2.27. The Morgan fingerprint density at radius 3 is 2.91 bits per heavy atom. The standard InChI is InChI=1S/C14H16N6O2/c1-9-8-11(19-18-9)16-14-15-10-2-5-22-12(10)13(17-14)20-3-6-21-7-4-20/h2,5,8H,3-4,6-7H2,1H3,(H2,15,16,17,18,19). The summed E-state index contributed by atoms with van der Waals surface area (Å²) >= 11 is 0. The van der Waals surface area contributed by atoms with Gasteiger partial charge in [-0.05, 0) is 6.92 Å². The lowest BCUT2D eigenvalue weighted by Crippen LogP contribution is -2.37. The van der Waals surface area contributed by atoms with Crippen LogP contribution in [0, 0.1) is 6.92 Å². The number of aryl methyl sites for hydroxylation is 1. The third-order valence-corrected chi connectivity index (χ3v) is 3.54. The van der Waals surface area contributed by atoms with Gasteiger partial charge < -0.3 is 19.4 Å². The number of hydrogen-bond acceptors (Lipinski definition) is 7. The van der Waals surface area contributed by atoms with E-state index in [2.05, 4.69) is 30.4 Å². The summed E-state index contributed by atoms with van der Waals surface area (Å²) in [6.07, 6.45) is 1.63. The maximum absolute atomic E-state index is 5.55. The summed E-state index contributed by atoms with van der Waals surface area (Å²) in [5, 5.41) is 10.2. The van der Waals surface area contributed by atoms with E-state index in [1.54, 1.807) is 6.26 Å². The molecule has 1 fully saturated rings. The van der Waals surface area contributed by atoms with Crippen LogP contribution in [0.1, 0.15) is 5.69 Å². The second-order valence-electron chi connectivity index (χ2n) is 5.17. The summed E-state index contributed by atoms with van der Waals surface area (Å²) in [6.45, 7) is 4.89. The van der Waals surface area contributed by atoms with E-state index in [1.807, 2.05) is 19.1 Å². The number of ether oxygens (including phenoxy) is 1. The summed E-state index contributed by atoms with van der Waals surface area (Å²) < 4.78 is 11.0. The van der Waals surface area contributed by atoms with Gasteiger partial charge in [0.15, 0.2) is 17.2 Å². The van der Waals surface area contributed by atoms with Crippen molar-refractivity contribution in [3.05, 3.63) is 24.1 Å². The summed E-state index contributed by atoms with van der Waals surface area (Å²) in [7, 11) is 0. The molecule has 0 aliphatic carbocycles. The minimum absolute atomic E-state index is 0.502. The minimum Gasteiger partial charge on any atom is -0.459 e. The van der Waals surface area contributed by atoms with Gasteiger partial charge in [-0.1, -0.05) is 0 Å². The van der Waals surface area contributed by atoms with E-state index in [1.165, 1.54) is 0 Å². The van der Waals surface area contributed by atoms with Crippen LogP contribution in [-0.2, 0) is 4.74 Å². The average molecular weight is 300 g/mol. The molecule has 0 spiro atoms. The summed E-state index contributed by atoms with van der Waals surface area (Å²) in [5.41, 5.74) is 2.44. The van der Waals surface area contributed by atoms with Crippen molar-refractivity contribution in [1.29, 1.82) is 0 Å². The molecule has 1 saturated heterocycles. The molecule has 114 valence electrons. The molecule has 8 heteroatoms. The molecule has 4 rings (SSSR count). The number of fused-ring (bicyclic) bond motifs is 1. The Morgan fingerprint density at radius 1 is 1.27 bits per heavy atom. The monoisotopic (exact) mass is 300 g/mol. The van der Waals surface area contributed by atoms with Crippen LogP contribution >= 0.6 is 0 Å². The fraction of sp³-hybridized carbons (Fsp3) is 0.357. The number of aromatic nitrogens is 4. The van der Waals surface area contributed by atoms with Gasteiger partial charge >= 0.3 is 0 Å². The summed E-state index contributed by atoms with van der Waals surface area (Å²) in [5.74, 6) is 1.98. The molecule has 3 aromatic heterocycles. The molecule has 3 aromatic rings. The number of morpholine rings is 1. The largest absolute Gasteiger partial charge is 0.459 e. The summed E-state index contributed by atoms with van der Waals surface area (Å²) in [4.78, 5) is 11.2. The number of anilines is 3. The van der Waals surface area contributed by atoms with Crippen molar-refractivity contribution >= 4 is 28.7 Å². The van der Waals surface area contributed by atoms with Gasteiger partial charge in [-0.3, -0.25) is 5.10 Å². The number of rotatable bonds is 3. The van der Waals surface area contributed by atoms with Gasteiger partial charge in [0.25, 0.3) is 0 Å². The highest BCUT2D eigenvalue weighted by Gasteiger charge is 2.19. The Kier molecular flexibility index (Phi) is 3.15. The highest BCUT2D eigenvalue weighted by atomic mass is 16.5. The van der Waals surface area contributed by atoms with Gasteiger partial charge in [0.1, 0.15) is 5.52 Å². The van der Waals surface area contributed by atoms with E-state index in [0.717, 1.165) is 30.1 Å². The van der Waals surface area contributed by atoms with Gasteiger partial charge in [0.05, 0.1) is 19.5 Å². The van der Waals surface area contributed by atoms with Gasteiger partial charge in [0, 0.05) is 30.9 Å². The second-order valence-corrected chi connectivity index (χ2v) is 5.17. The number of furan rings is 1. The van der Waals surface area contributed by atoms with Crippen molar-refractivity contribution in [2.24, 2.45) is 0 Å². The molecule has 0 radical (unpaired) electrons. The molecule has 0 amide bonds. The number of nitrogens with zero attached hydrogens (tertiary/aromatic N) is 4. The molecule has 22 heavy (non-hydrogen) atoms. The van der Waals surface area contributed by atoms with Crippen LogP contribution in [0.15, 0.2) is 22.8 Å². The minimum atomic E-state index is 0.502. The molecule has 1 aliphatic rings. The first kappa shape index (κ1) is 13.1. The van der Waals surface area contributed by atoms with Crippen LogP contribution in [0.3, 0.4) is 0 Å². The predicted molar refractivity (Wildman–Crippen MR) is 81.4 cm³/mol. The maximum Gasteiger partial charge on any atom is 0.231 e. The lowest BCUT2D eigenvalue weighted by atomic mass is 10.3. The fourth-order valence-corrected chi connectivity index (χ4v) is 2.49. The van der Waals surface area contributed by atoms with E-state index in [-0.39, 0.29) is 0 Å². The summed E-state index contributed by atoms with van der Waals surface area (Å²) in [6, 6.07) is 3.74. The highest BCUT2D eigenvalue weighted by molar-refractivity contribution is 5.85. The number of nitrogens with one attached hydrogen (secondary N) is 2. The zero-order valence-electron chi connectivity index (χ0n) is 12.2. The smallest absolute Gasteiger partial charge is 0.231 e. The van der Waals surface area contributed by atoms with Crippen molar-refractivity contribution in [2.45, 2.75) is 6.92 Å². The molecule has 4 heterocycles. The Hall–Kier alpha value is -2.61. The number of H-pyrrole nitrogens is 1. The maximum atomic E-state index is 5.55. The lowest BCUT2D eigenvalue weighted by Gasteiger charge is -2.27. The molecule has 0 atom stereocenters. The predicted octanol–water partition coefficient (Wildman–Crippen LogP) is 1.83. The zero-order chi connectivity index (χ0) is 14.9. The first-order chi connectivity index (χ1) is 10.8. The van der Waals surface area contributed by atoms with Crippen LogP contribution < -0.4 is 10.2 Å². The molecular weight excluding hydrogens is 284 g/mol. The topological polar surface area (TPSA) is 92.1 Å². The van der Waals surface area contributed by atoms with Crippen molar-refractivity contribution in [2.75, 3.05) is 36.5 Å². The zero-order valence-corrected chi connectivity index (χ0v) is 12.2. The van der Waals surface area contributed by atoms with Gasteiger partial charge in [-0.15, -0.1) is 0 Å². The Balaban J connectivity index is 1.72. The normalized spacial score (nSPS) is 15.4. The van der Waals surface area contributed by atoms with Crippen LogP contribution in [0.4, 0.5) is 17.6 Å². The van der Waals surface area contributed by atoms with E-state index in [0.29, 0.717) is 30.6 Å². The average Bonchev–Trinajstić information content (AvgIpc) is 3.16. The molecule has 1 aliphatic heterocycles. The van der Waals surface area contributed by atoms with Crippen molar-refractivity contribution in [3.8, 4) is 0 Å². The second kappa shape index (κ2) is 5.30. The van der Waals surface area contributed by atoms with E-state index < -0.39 is 0 Å². The molecule has 8 nitrogen and oxygen atoms in total. The fourth-order valence-electron chi connectivity index (χ4n) is 2.49. The lowest BCUT2D eigenvalue weighted by molar-refractivity contribution is 0.122. The Bertz CT molecular complexity index is 790. The van der Waals surface area contributed by atoms with Crippen molar-refractivity contribution < 1.29 is 9.15 Å². The van der Waals surface area contributed by atoms with Crippen LogP contribution in [0.25, 0.3) is 11.1 Å². The van der Waals surface area contributed by atoms with Crippen molar-refractivity contribution in [1.82, 2.24) is 20.2 Å². The van der Waals surface area contributed by atoms with Crippen LogP contribution in [-0.4, -0.2) is 46.5 Å². The SMILES string of the molecule is Cc1cc(Nc2nc(N3CCOCC3)c3occc3n2)n[nH]1. The first-order valence-corrected chi connectivity index (χ1v) is 7.16. The third kappa shape index (κ3) is 2.37. The molecule has 0 bridgehead atoms. The van der Waals surface area contributed by atoms with Crippen LogP contribution in [0.5, 0.6) is 0 Å². The molecule has 0 aromatic carbocycles. The van der Waals surface area contributed by atoms with Crippen LogP contribution in [0.2, 0.25) is 0 Å². The first-order valence-electron chi connectivity index (χ1n) is 7.16. The van der Waals surface area contributed by atoms with Gasteiger partial charge in [0.2, 0.25) is 5.95 Å². The van der Waals surface area contributed by atoms with E-state index >= 15 is 0 Å². The quantitative estimate of drug-likeness (QED) is 0.762. The number of hydrogen-bond donors (Lipinski definition) is 2. The van der Waals surface area contributed by atoms with Gasteiger partial charge in [-0.25, -0.2) is 4.98 Å². The van der Waals surface area contributed by atoms with E-state index in [4.69, 9.17) is 9.15 Å². The Morgan fingerprint density at radius 2 is 2.14 bits per heavy atom. The van der Waals surface area contributed by atoms with Gasteiger partial charge in [-0.2, -0.15) is 10.1 Å². The Labute approximate surface area is 126 Å². The molecule has 0 unspecified atom stereocenters. The van der Waals surface area contributed by atoms with E-state index in [9.17, 15) is 0 Å². The third-order valence-electron chi connectivity index (χ3n) is 3.54. The molecule has 0 saturated carbocycles. The van der Waals surface area contributed by atoms with Crippen molar-refractivity contribution in [3.63, 3.8) is 0 Å². The molecule has 2 N–H and O–H groups in total. The molecular formula is C14H16N6O2.